The zero-order valence-electron chi connectivity index (χ0n) is 10.2. The number of halogens is 2. The largest absolute Gasteiger partial charge is 0.378 e. The van der Waals surface area contributed by atoms with E-state index in [1.54, 1.807) is 12.1 Å². The Morgan fingerprint density at radius 3 is 2.80 bits per heavy atom. The van der Waals surface area contributed by atoms with Gasteiger partial charge in [-0.2, -0.15) is 0 Å². The number of hydrogen-bond acceptors (Lipinski definition) is 6. The van der Waals surface area contributed by atoms with Gasteiger partial charge in [0, 0.05) is 9.50 Å². The molecular formula is C11H9BrClN5O2. The predicted octanol–water partition coefficient (Wildman–Crippen LogP) is 3.43. The van der Waals surface area contributed by atoms with Gasteiger partial charge in [-0.1, -0.05) is 11.6 Å². The molecule has 1 aromatic carbocycles. The number of aromatic nitrogens is 2. The van der Waals surface area contributed by atoms with Crippen LogP contribution in [-0.2, 0) is 0 Å². The van der Waals surface area contributed by atoms with E-state index in [-0.39, 0.29) is 17.3 Å². The van der Waals surface area contributed by atoms with Crippen LogP contribution in [0.1, 0.15) is 5.56 Å². The lowest BCUT2D eigenvalue weighted by Gasteiger charge is -2.10. The van der Waals surface area contributed by atoms with Gasteiger partial charge in [-0.05, 0) is 40.5 Å². The van der Waals surface area contributed by atoms with E-state index < -0.39 is 4.92 Å². The smallest absolute Gasteiger partial charge is 0.353 e. The van der Waals surface area contributed by atoms with Gasteiger partial charge >= 0.3 is 5.69 Å². The average Bonchev–Trinajstić information content (AvgIpc) is 2.35. The fourth-order valence-electron chi connectivity index (χ4n) is 1.53. The standard InChI is InChI=1S/C11H9BrClN5O2/c1-5-2-6(12)8(3-7(5)13)17-11-9(18(19)20)10(14)15-4-16-11/h2-4H,1H3,(H3,14,15,16,17). The molecule has 9 heteroatoms. The number of anilines is 3. The van der Waals surface area contributed by atoms with E-state index in [0.29, 0.717) is 15.2 Å². The van der Waals surface area contributed by atoms with Crippen LogP contribution in [0.3, 0.4) is 0 Å². The normalized spacial score (nSPS) is 10.3. The number of nitrogens with one attached hydrogen (secondary N) is 1. The third kappa shape index (κ3) is 2.81. The molecule has 0 radical (unpaired) electrons. The molecular weight excluding hydrogens is 350 g/mol. The third-order valence-electron chi connectivity index (χ3n) is 2.53. The molecule has 0 bridgehead atoms. The SMILES string of the molecule is Cc1cc(Br)c(Nc2ncnc(N)c2[N+](=O)[O-])cc1Cl. The van der Waals surface area contributed by atoms with E-state index in [1.807, 2.05) is 6.92 Å². The number of hydrogen-bond donors (Lipinski definition) is 2. The van der Waals surface area contributed by atoms with Crippen molar-refractivity contribution in [3.8, 4) is 0 Å². The Morgan fingerprint density at radius 2 is 2.15 bits per heavy atom. The van der Waals surface area contributed by atoms with E-state index in [9.17, 15) is 10.1 Å². The molecule has 0 unspecified atom stereocenters. The molecule has 0 aliphatic rings. The molecule has 2 rings (SSSR count). The summed E-state index contributed by atoms with van der Waals surface area (Å²) in [6, 6.07) is 3.43. The minimum absolute atomic E-state index is 0.00289. The highest BCUT2D eigenvalue weighted by molar-refractivity contribution is 9.10. The van der Waals surface area contributed by atoms with Crippen molar-refractivity contribution in [3.05, 3.63) is 43.6 Å². The van der Waals surface area contributed by atoms with Crippen molar-refractivity contribution in [2.75, 3.05) is 11.1 Å². The van der Waals surface area contributed by atoms with Crippen LogP contribution in [0.15, 0.2) is 22.9 Å². The van der Waals surface area contributed by atoms with Crippen molar-refractivity contribution in [1.29, 1.82) is 0 Å². The summed E-state index contributed by atoms with van der Waals surface area (Å²) in [6.45, 7) is 1.85. The number of nitro groups is 1. The molecule has 104 valence electrons. The number of nitrogen functional groups attached to an aromatic ring is 1. The van der Waals surface area contributed by atoms with Crippen LogP contribution in [0.5, 0.6) is 0 Å². The van der Waals surface area contributed by atoms with E-state index in [4.69, 9.17) is 17.3 Å². The fraction of sp³-hybridized carbons (Fsp3) is 0.0909. The minimum atomic E-state index is -0.638. The molecule has 0 spiro atoms. The number of benzene rings is 1. The van der Waals surface area contributed by atoms with Crippen molar-refractivity contribution in [3.63, 3.8) is 0 Å². The number of rotatable bonds is 3. The molecule has 2 aromatic rings. The van der Waals surface area contributed by atoms with Crippen molar-refractivity contribution in [1.82, 2.24) is 9.97 Å². The topological polar surface area (TPSA) is 107 Å². The molecule has 0 amide bonds. The minimum Gasteiger partial charge on any atom is -0.378 e. The second-order valence-corrected chi connectivity index (χ2v) is 5.18. The van der Waals surface area contributed by atoms with Gasteiger partial charge in [-0.15, -0.1) is 0 Å². The lowest BCUT2D eigenvalue weighted by molar-refractivity contribution is -0.383. The van der Waals surface area contributed by atoms with E-state index in [2.05, 4.69) is 31.2 Å². The van der Waals surface area contributed by atoms with Crippen molar-refractivity contribution in [2.24, 2.45) is 0 Å². The molecule has 1 aromatic heterocycles. The van der Waals surface area contributed by atoms with Gasteiger partial charge in [-0.25, -0.2) is 9.97 Å². The summed E-state index contributed by atoms with van der Waals surface area (Å²) < 4.78 is 0.700. The lowest BCUT2D eigenvalue weighted by atomic mass is 10.2. The van der Waals surface area contributed by atoms with Gasteiger partial charge in [0.2, 0.25) is 11.6 Å². The molecule has 20 heavy (non-hydrogen) atoms. The molecule has 0 fully saturated rings. The first-order chi connectivity index (χ1) is 9.40. The number of nitrogens with zero attached hydrogens (tertiary/aromatic N) is 3. The summed E-state index contributed by atoms with van der Waals surface area (Å²) in [4.78, 5) is 17.8. The van der Waals surface area contributed by atoms with Gasteiger partial charge < -0.3 is 11.1 Å². The third-order valence-corrected chi connectivity index (χ3v) is 3.60. The van der Waals surface area contributed by atoms with Gasteiger partial charge in [0.25, 0.3) is 0 Å². The first-order valence-corrected chi connectivity index (χ1v) is 6.54. The van der Waals surface area contributed by atoms with E-state index in [1.165, 1.54) is 0 Å². The highest BCUT2D eigenvalue weighted by atomic mass is 79.9. The summed E-state index contributed by atoms with van der Waals surface area (Å²) in [7, 11) is 0. The van der Waals surface area contributed by atoms with Gasteiger partial charge in [0.05, 0.1) is 10.6 Å². The second kappa shape index (κ2) is 5.59. The molecule has 0 saturated heterocycles. The Hall–Kier alpha value is -1.93. The molecule has 3 N–H and O–H groups in total. The number of nitrogens with two attached hydrogens (primary N) is 1. The predicted molar refractivity (Wildman–Crippen MR) is 80.3 cm³/mol. The number of aryl methyl sites for hydroxylation is 1. The maximum Gasteiger partial charge on any atom is 0.353 e. The molecule has 1 heterocycles. The summed E-state index contributed by atoms with van der Waals surface area (Å²) in [5.41, 5.74) is 6.54. The molecule has 0 aliphatic heterocycles. The Kier molecular flexibility index (Phi) is 4.05. The molecule has 7 nitrogen and oxygen atoms in total. The zero-order valence-corrected chi connectivity index (χ0v) is 12.6. The van der Waals surface area contributed by atoms with Crippen molar-refractivity contribution >= 4 is 50.5 Å². The Bertz CT molecular complexity index is 695. The first-order valence-electron chi connectivity index (χ1n) is 5.37. The molecule has 0 saturated carbocycles. The van der Waals surface area contributed by atoms with Crippen LogP contribution in [-0.4, -0.2) is 14.9 Å². The average molecular weight is 359 g/mol. The quantitative estimate of drug-likeness (QED) is 0.643. The van der Waals surface area contributed by atoms with Crippen molar-refractivity contribution < 1.29 is 4.92 Å². The van der Waals surface area contributed by atoms with Crippen LogP contribution in [0.2, 0.25) is 5.02 Å². The highest BCUT2D eigenvalue weighted by Gasteiger charge is 2.21. The monoisotopic (exact) mass is 357 g/mol. The summed E-state index contributed by atoms with van der Waals surface area (Å²) in [5.74, 6) is -0.204. The summed E-state index contributed by atoms with van der Waals surface area (Å²) in [5, 5.41) is 14.4. The first kappa shape index (κ1) is 14.5. The van der Waals surface area contributed by atoms with Crippen LogP contribution < -0.4 is 11.1 Å². The van der Waals surface area contributed by atoms with Crippen LogP contribution in [0.4, 0.5) is 23.0 Å². The van der Waals surface area contributed by atoms with Gasteiger partial charge in [-0.3, -0.25) is 10.1 Å². The highest BCUT2D eigenvalue weighted by Crippen LogP contribution is 2.34. The van der Waals surface area contributed by atoms with Gasteiger partial charge in [0.15, 0.2) is 0 Å². The molecule has 0 aliphatic carbocycles. The van der Waals surface area contributed by atoms with Crippen molar-refractivity contribution in [2.45, 2.75) is 6.92 Å². The lowest BCUT2D eigenvalue weighted by Crippen LogP contribution is -2.05. The zero-order chi connectivity index (χ0) is 14.9. The Balaban J connectivity index is 2.48. The Labute approximate surface area is 127 Å². The Morgan fingerprint density at radius 1 is 1.45 bits per heavy atom. The van der Waals surface area contributed by atoms with E-state index >= 15 is 0 Å². The maximum absolute atomic E-state index is 11.0. The van der Waals surface area contributed by atoms with Crippen LogP contribution >= 0.6 is 27.5 Å². The van der Waals surface area contributed by atoms with Crippen LogP contribution in [0.25, 0.3) is 0 Å². The van der Waals surface area contributed by atoms with Gasteiger partial charge in [0.1, 0.15) is 6.33 Å². The second-order valence-electron chi connectivity index (χ2n) is 3.92. The summed E-state index contributed by atoms with van der Waals surface area (Å²) in [6.07, 6.45) is 1.15. The maximum atomic E-state index is 11.0. The molecule has 0 atom stereocenters. The summed E-state index contributed by atoms with van der Waals surface area (Å²) >= 11 is 9.39. The van der Waals surface area contributed by atoms with Crippen LogP contribution in [0, 0.1) is 17.0 Å². The fourth-order valence-corrected chi connectivity index (χ4v) is 2.25. The van der Waals surface area contributed by atoms with E-state index in [0.717, 1.165) is 11.9 Å².